The molecule has 0 spiro atoms. The molecule has 0 amide bonds. The summed E-state index contributed by atoms with van der Waals surface area (Å²) in [6.45, 7) is 21.9. The normalized spacial score (nSPS) is 11.7. The lowest BCUT2D eigenvalue weighted by Gasteiger charge is -2.08. The maximum absolute atomic E-state index is 2.30. The predicted molar refractivity (Wildman–Crippen MR) is 565 cm³/mol. The van der Waals surface area contributed by atoms with E-state index in [2.05, 4.69) is 462 Å². The van der Waals surface area contributed by atoms with Crippen molar-refractivity contribution >= 4 is 211 Å². The standard InChI is InChI=1S/C25H22NS.3C24H20NS.C23H18NS/c1-15-9-11-19(16(2)13-15)23-25-22(17(3)14-26(23)4)21-12-10-18-7-5-6-8-20(18)24(21)27-25;1-15-8-4-6-10-18(15)22-24-21(16(2)14-25(22)3)20-13-12-17-9-5-7-11-19(17)23(20)26-24;1-15-8-10-18(16(2)14-15)22-24-21(12-13-25(22)3)20-11-9-17-6-4-5-7-19(17)23(20)26-24;1-15-8-10-19-17(14-15)9-11-20-21-12-13-25(3)22(24(21)26-23(19)20)18-7-5-4-6-16(18)2;1-15-7-3-5-9-17(15)21-23-20(13-14-24(21)2)19-12-11-16-8-4-6-10-18(16)22(19)25-23/h5-14H,1-4H3;3*4-14H,1-3H3;3-14H,1-2H3/q5*+1. The summed E-state index contributed by atoms with van der Waals surface area (Å²) in [5.74, 6) is 0. The van der Waals surface area contributed by atoms with Gasteiger partial charge in [0.2, 0.25) is 28.5 Å². The fraction of sp³-hybridized carbons (Fsp3) is 0.125. The zero-order valence-electron chi connectivity index (χ0n) is 76.0. The van der Waals surface area contributed by atoms with Crippen LogP contribution in [0.15, 0.2) is 334 Å². The van der Waals surface area contributed by atoms with Gasteiger partial charge in [-0.15, -0.1) is 56.7 Å². The molecule has 15 aromatic carbocycles. The van der Waals surface area contributed by atoms with E-state index in [1.54, 1.807) is 0 Å². The van der Waals surface area contributed by atoms with Gasteiger partial charge in [-0.3, -0.25) is 0 Å². The van der Waals surface area contributed by atoms with E-state index in [1.807, 2.05) is 56.7 Å². The summed E-state index contributed by atoms with van der Waals surface area (Å²) < 4.78 is 25.2. The highest BCUT2D eigenvalue weighted by atomic mass is 32.1. The molecule has 0 aliphatic heterocycles. The molecule has 10 heterocycles. The van der Waals surface area contributed by atoms with Gasteiger partial charge in [-0.1, -0.05) is 271 Å². The fourth-order valence-electron chi connectivity index (χ4n) is 20.2. The van der Waals surface area contributed by atoms with E-state index < -0.39 is 0 Å². The largest absolute Gasteiger partial charge is 0.230 e. The highest BCUT2D eigenvalue weighted by molar-refractivity contribution is 7.29. The third kappa shape index (κ3) is 14.5. The molecule has 0 saturated carbocycles. The average molecular weight is 1770 g/mol. The molecule has 10 heteroatoms. The number of thiophene rings is 5. The number of fused-ring (bicyclic) bond motifs is 25. The minimum Gasteiger partial charge on any atom is -0.200 e. The van der Waals surface area contributed by atoms with Gasteiger partial charge in [-0.25, -0.2) is 0 Å². The van der Waals surface area contributed by atoms with Gasteiger partial charge in [0.1, 0.15) is 58.7 Å². The van der Waals surface area contributed by atoms with Crippen LogP contribution < -0.4 is 22.8 Å². The van der Waals surface area contributed by atoms with E-state index >= 15 is 0 Å². The fourth-order valence-corrected chi connectivity index (χ4v) is 27.4. The second kappa shape index (κ2) is 33.8. The highest BCUT2D eigenvalue weighted by Crippen LogP contribution is 2.49. The molecule has 130 heavy (non-hydrogen) atoms. The molecule has 25 rings (SSSR count). The Bertz CT molecular complexity index is 8960. The van der Waals surface area contributed by atoms with Crippen molar-refractivity contribution in [3.05, 3.63) is 390 Å². The van der Waals surface area contributed by atoms with E-state index in [0.717, 1.165) is 0 Å². The number of pyridine rings is 5. The van der Waals surface area contributed by atoms with Crippen molar-refractivity contribution in [2.24, 2.45) is 35.2 Å². The Morgan fingerprint density at radius 1 is 0.169 bits per heavy atom. The molecular formula is C120H100N5S5+5. The third-order valence-electron chi connectivity index (χ3n) is 26.5. The van der Waals surface area contributed by atoms with E-state index in [9.17, 15) is 0 Å². The number of aromatic nitrogens is 5. The average Bonchev–Trinajstić information content (AvgIpc) is 1.59. The van der Waals surface area contributed by atoms with Gasteiger partial charge in [0.15, 0.2) is 31.0 Å². The van der Waals surface area contributed by atoms with Crippen molar-refractivity contribution in [1.82, 2.24) is 0 Å². The van der Waals surface area contributed by atoms with Crippen molar-refractivity contribution in [2.75, 3.05) is 0 Å². The van der Waals surface area contributed by atoms with E-state index in [4.69, 9.17) is 0 Å². The summed E-state index contributed by atoms with van der Waals surface area (Å²) >= 11 is 9.62. The number of benzene rings is 15. The molecule has 0 N–H and O–H groups in total. The first-order chi connectivity index (χ1) is 63.2. The molecular weight excluding hydrogens is 1670 g/mol. The van der Waals surface area contributed by atoms with E-state index in [-0.39, 0.29) is 0 Å². The van der Waals surface area contributed by atoms with Crippen molar-refractivity contribution < 1.29 is 22.8 Å². The van der Waals surface area contributed by atoms with Crippen LogP contribution in [-0.4, -0.2) is 0 Å². The molecule has 0 radical (unpaired) electrons. The summed E-state index contributed by atoms with van der Waals surface area (Å²) in [5, 5.41) is 27.0. The zero-order valence-corrected chi connectivity index (χ0v) is 80.1. The lowest BCUT2D eigenvalue weighted by Crippen LogP contribution is -2.31. The quantitative estimate of drug-likeness (QED) is 0.153. The minimum atomic E-state index is 1.31. The van der Waals surface area contributed by atoms with Crippen molar-refractivity contribution in [3.8, 4) is 56.3 Å². The van der Waals surface area contributed by atoms with E-state index in [1.165, 1.54) is 267 Å². The van der Waals surface area contributed by atoms with Crippen LogP contribution in [0.2, 0.25) is 0 Å². The van der Waals surface area contributed by atoms with Crippen LogP contribution in [0.3, 0.4) is 0 Å². The molecule has 0 bridgehead atoms. The van der Waals surface area contributed by atoms with Crippen molar-refractivity contribution in [3.63, 3.8) is 0 Å². The molecule has 0 aliphatic carbocycles. The van der Waals surface area contributed by atoms with Crippen molar-refractivity contribution in [1.29, 1.82) is 0 Å². The van der Waals surface area contributed by atoms with Gasteiger partial charge in [0.25, 0.3) is 0 Å². The Kier molecular flexibility index (Phi) is 21.7. The smallest absolute Gasteiger partial charge is 0.200 e. The molecule has 25 aromatic rings. The molecule has 0 unspecified atom stereocenters. The summed E-state index contributed by atoms with van der Waals surface area (Å²) in [6.07, 6.45) is 11.1. The lowest BCUT2D eigenvalue weighted by molar-refractivity contribution is -0.659. The number of hydrogen-bond donors (Lipinski definition) is 0. The summed E-state index contributed by atoms with van der Waals surface area (Å²) in [4.78, 5) is 0. The molecule has 630 valence electrons. The first-order valence-electron chi connectivity index (χ1n) is 44.7. The summed E-state index contributed by atoms with van der Waals surface area (Å²) in [6, 6.07) is 111. The molecule has 0 fully saturated rings. The Morgan fingerprint density at radius 2 is 0.415 bits per heavy atom. The van der Waals surface area contributed by atoms with Crippen LogP contribution in [0.25, 0.3) is 211 Å². The van der Waals surface area contributed by atoms with Gasteiger partial charge < -0.3 is 0 Å². The predicted octanol–water partition coefficient (Wildman–Crippen LogP) is 31.6. The number of aryl methyl sites for hydroxylation is 15. The minimum absolute atomic E-state index is 1.31. The number of nitrogens with zero attached hydrogens (tertiary/aromatic N) is 5. The topological polar surface area (TPSA) is 19.4 Å². The molecule has 10 aromatic heterocycles. The van der Waals surface area contributed by atoms with Crippen LogP contribution in [0.1, 0.15) is 55.6 Å². The second-order valence-electron chi connectivity index (χ2n) is 35.4. The van der Waals surface area contributed by atoms with Crippen LogP contribution >= 0.6 is 56.7 Å². The van der Waals surface area contributed by atoms with Crippen LogP contribution in [-0.2, 0) is 35.2 Å². The lowest BCUT2D eigenvalue weighted by atomic mass is 9.99. The van der Waals surface area contributed by atoms with Gasteiger partial charge in [-0.2, -0.15) is 22.8 Å². The Morgan fingerprint density at radius 3 is 0.754 bits per heavy atom. The van der Waals surface area contributed by atoms with Gasteiger partial charge in [-0.05, 0) is 181 Å². The second-order valence-corrected chi connectivity index (χ2v) is 40.5. The first kappa shape index (κ1) is 83.4. The molecule has 5 nitrogen and oxygen atoms in total. The number of hydrogen-bond acceptors (Lipinski definition) is 5. The summed E-state index contributed by atoms with van der Waals surface area (Å²) in [7, 11) is 10.8. The molecule has 0 atom stereocenters. The van der Waals surface area contributed by atoms with Crippen LogP contribution in [0.5, 0.6) is 0 Å². The Labute approximate surface area is 778 Å². The SMILES string of the molecule is Cc1ccc(-c2c3sc4c5ccccc5ccc4c3c(C)c[n+]2C)c(C)c1.Cc1ccc(-c2c3sc4c5ccccc5ccc4c3cc[n+]2C)c(C)c1.Cc1ccc2c(ccc3c4cc[n+](C)c(-c5ccccc5C)c4sc23)c1.Cc1ccccc1-c1c2sc3c4ccccc4ccc3c2c(C)c[n+]1C.Cc1ccccc1-c1c2sc3c4ccccc4ccc3c2cc[n+]1C. The highest BCUT2D eigenvalue weighted by Gasteiger charge is 2.29. The zero-order chi connectivity index (χ0) is 89.2. The first-order valence-corrected chi connectivity index (χ1v) is 48.8. The van der Waals surface area contributed by atoms with Crippen LogP contribution in [0, 0.1) is 69.2 Å². The van der Waals surface area contributed by atoms with Crippen LogP contribution in [0.4, 0.5) is 0 Å². The third-order valence-corrected chi connectivity index (χ3v) is 32.8. The maximum atomic E-state index is 2.30. The number of rotatable bonds is 5. The Balaban J connectivity index is 0.0000000984. The van der Waals surface area contributed by atoms with Gasteiger partial charge in [0, 0.05) is 107 Å². The Hall–Kier alpha value is -13.6. The monoisotopic (exact) mass is 1770 g/mol. The molecule has 0 saturated heterocycles. The van der Waals surface area contributed by atoms with Gasteiger partial charge >= 0.3 is 0 Å². The maximum Gasteiger partial charge on any atom is 0.230 e. The molecule has 0 aliphatic rings. The van der Waals surface area contributed by atoms with Gasteiger partial charge in [0.05, 0.1) is 27.8 Å². The van der Waals surface area contributed by atoms with Crippen molar-refractivity contribution in [2.45, 2.75) is 69.2 Å². The summed E-state index contributed by atoms with van der Waals surface area (Å²) in [5.41, 5.74) is 26.3. The van der Waals surface area contributed by atoms with E-state index in [0.29, 0.717) is 0 Å².